The molecule has 19 heavy (non-hydrogen) atoms. The molecular weight excluding hydrogens is 241 g/mol. The molecule has 2 aromatic rings. The highest BCUT2D eigenvalue weighted by molar-refractivity contribution is 6.03. The number of hydrogen-bond donors (Lipinski definition) is 0. The zero-order valence-electron chi connectivity index (χ0n) is 10.6. The van der Waals surface area contributed by atoms with Gasteiger partial charge in [0.05, 0.1) is 0 Å². The smallest absolute Gasteiger partial charge is 0.250 e. The number of halogens is 1. The van der Waals surface area contributed by atoms with Gasteiger partial charge in [0.2, 0.25) is 0 Å². The van der Waals surface area contributed by atoms with Gasteiger partial charge in [-0.05, 0) is 35.9 Å². The summed E-state index contributed by atoms with van der Waals surface area (Å²) in [6, 6.07) is 15.5. The van der Waals surface area contributed by atoms with Gasteiger partial charge in [-0.1, -0.05) is 30.3 Å². The van der Waals surface area contributed by atoms with Gasteiger partial charge in [-0.2, -0.15) is 0 Å². The minimum Gasteiger partial charge on any atom is -0.312 e. The molecular formula is C16H14FNO. The number of carbonyl (C=O) groups is 1. The van der Waals surface area contributed by atoms with E-state index >= 15 is 0 Å². The van der Waals surface area contributed by atoms with Crippen molar-refractivity contribution in [3.8, 4) is 0 Å². The van der Waals surface area contributed by atoms with Gasteiger partial charge < -0.3 is 4.90 Å². The summed E-state index contributed by atoms with van der Waals surface area (Å²) in [7, 11) is 1.70. The van der Waals surface area contributed by atoms with Crippen LogP contribution in [0.3, 0.4) is 0 Å². The second-order valence-electron chi connectivity index (χ2n) is 4.12. The molecule has 0 N–H and O–H groups in total. The van der Waals surface area contributed by atoms with Crippen molar-refractivity contribution in [3.05, 3.63) is 72.1 Å². The number of likely N-dealkylation sites (N-methyl/N-ethyl adjacent to an activating group) is 1. The zero-order chi connectivity index (χ0) is 13.7. The Kier molecular flexibility index (Phi) is 4.08. The van der Waals surface area contributed by atoms with Gasteiger partial charge in [0.15, 0.2) is 0 Å². The number of para-hydroxylation sites is 1. The van der Waals surface area contributed by atoms with Gasteiger partial charge >= 0.3 is 0 Å². The number of rotatable bonds is 3. The Morgan fingerprint density at radius 3 is 2.53 bits per heavy atom. The van der Waals surface area contributed by atoms with E-state index in [1.54, 1.807) is 25.3 Å². The Morgan fingerprint density at radius 1 is 1.11 bits per heavy atom. The summed E-state index contributed by atoms with van der Waals surface area (Å²) in [4.78, 5) is 13.5. The molecule has 2 nitrogen and oxygen atoms in total. The third-order valence-electron chi connectivity index (χ3n) is 2.74. The van der Waals surface area contributed by atoms with Crippen molar-refractivity contribution in [3.63, 3.8) is 0 Å². The summed E-state index contributed by atoms with van der Waals surface area (Å²) in [5.41, 5.74) is 1.48. The Morgan fingerprint density at radius 2 is 1.84 bits per heavy atom. The third-order valence-corrected chi connectivity index (χ3v) is 2.74. The predicted octanol–water partition coefficient (Wildman–Crippen LogP) is 3.50. The van der Waals surface area contributed by atoms with Crippen LogP contribution in [0.1, 0.15) is 5.56 Å². The number of nitrogens with zero attached hydrogens (tertiary/aromatic N) is 1. The molecule has 2 aromatic carbocycles. The second-order valence-corrected chi connectivity index (χ2v) is 4.12. The first-order valence-corrected chi connectivity index (χ1v) is 5.93. The number of amides is 1. The van der Waals surface area contributed by atoms with Crippen LogP contribution in [-0.4, -0.2) is 13.0 Å². The molecule has 0 bridgehead atoms. The van der Waals surface area contributed by atoms with E-state index in [0.717, 1.165) is 5.69 Å². The maximum Gasteiger partial charge on any atom is 0.250 e. The second kappa shape index (κ2) is 5.96. The number of benzene rings is 2. The molecule has 0 aliphatic heterocycles. The average Bonchev–Trinajstić information content (AvgIpc) is 2.45. The summed E-state index contributed by atoms with van der Waals surface area (Å²) in [5, 5.41) is 0. The third kappa shape index (κ3) is 3.52. The molecule has 0 heterocycles. The van der Waals surface area contributed by atoms with Crippen LogP contribution in [0.5, 0.6) is 0 Å². The lowest BCUT2D eigenvalue weighted by Crippen LogP contribution is -2.23. The normalized spacial score (nSPS) is 10.6. The van der Waals surface area contributed by atoms with Crippen molar-refractivity contribution < 1.29 is 9.18 Å². The molecule has 0 radical (unpaired) electrons. The van der Waals surface area contributed by atoms with E-state index in [-0.39, 0.29) is 11.7 Å². The molecule has 0 fully saturated rings. The minimum atomic E-state index is -0.314. The monoisotopic (exact) mass is 255 g/mol. The molecule has 3 heteroatoms. The average molecular weight is 255 g/mol. The van der Waals surface area contributed by atoms with Crippen molar-refractivity contribution in [1.29, 1.82) is 0 Å². The number of carbonyl (C=O) groups excluding carboxylic acids is 1. The molecule has 96 valence electrons. The fourth-order valence-corrected chi connectivity index (χ4v) is 1.67. The van der Waals surface area contributed by atoms with Gasteiger partial charge in [0, 0.05) is 18.8 Å². The number of anilines is 1. The van der Waals surface area contributed by atoms with E-state index in [1.165, 1.54) is 23.1 Å². The van der Waals surface area contributed by atoms with Crippen LogP contribution in [-0.2, 0) is 4.79 Å². The molecule has 0 spiro atoms. The molecule has 0 atom stereocenters. The topological polar surface area (TPSA) is 20.3 Å². The van der Waals surface area contributed by atoms with E-state index in [4.69, 9.17) is 0 Å². The van der Waals surface area contributed by atoms with E-state index < -0.39 is 0 Å². The van der Waals surface area contributed by atoms with Gasteiger partial charge in [-0.3, -0.25) is 4.79 Å². The van der Waals surface area contributed by atoms with Gasteiger partial charge in [-0.15, -0.1) is 0 Å². The first kappa shape index (κ1) is 13.0. The van der Waals surface area contributed by atoms with Crippen LogP contribution < -0.4 is 4.90 Å². The zero-order valence-corrected chi connectivity index (χ0v) is 10.6. The van der Waals surface area contributed by atoms with Crippen LogP contribution in [0.15, 0.2) is 60.7 Å². The van der Waals surface area contributed by atoms with Crippen LogP contribution in [0, 0.1) is 5.82 Å². The fourth-order valence-electron chi connectivity index (χ4n) is 1.67. The van der Waals surface area contributed by atoms with Crippen molar-refractivity contribution in [2.24, 2.45) is 0 Å². The SMILES string of the molecule is CN(C(=O)/C=C/c1cccc(F)c1)c1ccccc1. The van der Waals surface area contributed by atoms with Gasteiger partial charge in [0.25, 0.3) is 5.91 Å². The minimum absolute atomic E-state index is 0.157. The highest BCUT2D eigenvalue weighted by Crippen LogP contribution is 2.12. The van der Waals surface area contributed by atoms with Gasteiger partial charge in [0.1, 0.15) is 5.82 Å². The summed E-state index contributed by atoms with van der Waals surface area (Å²) >= 11 is 0. The highest BCUT2D eigenvalue weighted by atomic mass is 19.1. The molecule has 0 aliphatic carbocycles. The van der Waals surface area contributed by atoms with Gasteiger partial charge in [-0.25, -0.2) is 4.39 Å². The lowest BCUT2D eigenvalue weighted by Gasteiger charge is -2.14. The molecule has 0 aromatic heterocycles. The molecule has 0 aliphatic rings. The van der Waals surface area contributed by atoms with Crippen LogP contribution in [0.2, 0.25) is 0 Å². The van der Waals surface area contributed by atoms with Crippen molar-refractivity contribution in [1.82, 2.24) is 0 Å². The maximum absolute atomic E-state index is 13.0. The predicted molar refractivity (Wildman–Crippen MR) is 75.3 cm³/mol. The van der Waals surface area contributed by atoms with Crippen molar-refractivity contribution >= 4 is 17.7 Å². The van der Waals surface area contributed by atoms with E-state index in [9.17, 15) is 9.18 Å². The quantitative estimate of drug-likeness (QED) is 0.769. The van der Waals surface area contributed by atoms with Crippen LogP contribution in [0.25, 0.3) is 6.08 Å². The number of hydrogen-bond acceptors (Lipinski definition) is 1. The van der Waals surface area contributed by atoms with Crippen molar-refractivity contribution in [2.75, 3.05) is 11.9 Å². The Bertz CT molecular complexity index is 593. The molecule has 0 saturated carbocycles. The summed E-state index contributed by atoms with van der Waals surface area (Å²) in [6.07, 6.45) is 3.03. The fraction of sp³-hybridized carbons (Fsp3) is 0.0625. The largest absolute Gasteiger partial charge is 0.312 e. The van der Waals surface area contributed by atoms with Crippen LogP contribution in [0.4, 0.5) is 10.1 Å². The Balaban J connectivity index is 2.09. The maximum atomic E-state index is 13.0. The lowest BCUT2D eigenvalue weighted by molar-refractivity contribution is -0.113. The Hall–Kier alpha value is -2.42. The molecule has 1 amide bonds. The van der Waals surface area contributed by atoms with E-state index in [2.05, 4.69) is 0 Å². The summed E-state index contributed by atoms with van der Waals surface area (Å²) in [5.74, 6) is -0.471. The summed E-state index contributed by atoms with van der Waals surface area (Å²) < 4.78 is 13.0. The molecule has 0 saturated heterocycles. The summed E-state index contributed by atoms with van der Waals surface area (Å²) in [6.45, 7) is 0. The Labute approximate surface area is 111 Å². The molecule has 2 rings (SSSR count). The molecule has 0 unspecified atom stereocenters. The van der Waals surface area contributed by atoms with Crippen LogP contribution >= 0.6 is 0 Å². The standard InChI is InChI=1S/C16H14FNO/c1-18(15-8-3-2-4-9-15)16(19)11-10-13-6-5-7-14(17)12-13/h2-12H,1H3/b11-10+. The first-order valence-electron chi connectivity index (χ1n) is 5.93. The van der Waals surface area contributed by atoms with Crippen molar-refractivity contribution in [2.45, 2.75) is 0 Å². The highest BCUT2D eigenvalue weighted by Gasteiger charge is 2.06. The van der Waals surface area contributed by atoms with E-state index in [1.807, 2.05) is 30.3 Å². The lowest BCUT2D eigenvalue weighted by atomic mass is 10.2. The first-order chi connectivity index (χ1) is 9.16. The van der Waals surface area contributed by atoms with E-state index in [0.29, 0.717) is 5.56 Å².